The molecule has 1 aromatic rings. The van der Waals surface area contributed by atoms with Crippen LogP contribution in [0.2, 0.25) is 0 Å². The molecule has 1 amide bonds. The average Bonchev–Trinajstić information content (AvgIpc) is 2.46. The van der Waals surface area contributed by atoms with Crippen LogP contribution in [0, 0.1) is 5.92 Å². The fourth-order valence-corrected chi connectivity index (χ4v) is 3.26. The molecule has 1 N–H and O–H groups in total. The summed E-state index contributed by atoms with van der Waals surface area (Å²) in [5, 5.41) is 3.37. The van der Waals surface area contributed by atoms with E-state index in [4.69, 9.17) is 0 Å². The van der Waals surface area contributed by atoms with Crippen LogP contribution in [0.4, 0.5) is 5.69 Å². The van der Waals surface area contributed by atoms with Crippen molar-refractivity contribution < 1.29 is 4.79 Å². The molecule has 1 saturated heterocycles. The first-order chi connectivity index (χ1) is 9.25. The number of piperidine rings is 1. The third kappa shape index (κ3) is 2.52. The van der Waals surface area contributed by atoms with E-state index >= 15 is 0 Å². The number of amides is 1. The number of para-hydroxylation sites is 1. The smallest absolute Gasteiger partial charge is 0.244 e. The molecule has 0 saturated carbocycles. The van der Waals surface area contributed by atoms with E-state index in [9.17, 15) is 4.79 Å². The molecule has 1 unspecified atom stereocenters. The van der Waals surface area contributed by atoms with E-state index in [1.54, 1.807) is 0 Å². The summed E-state index contributed by atoms with van der Waals surface area (Å²) < 4.78 is 0. The predicted octanol–water partition coefficient (Wildman–Crippen LogP) is 2.35. The fourth-order valence-electron chi connectivity index (χ4n) is 3.26. The quantitative estimate of drug-likeness (QED) is 0.838. The zero-order valence-electron chi connectivity index (χ0n) is 11.6. The van der Waals surface area contributed by atoms with Crippen LogP contribution in [0.3, 0.4) is 0 Å². The topological polar surface area (TPSA) is 32.3 Å². The van der Waals surface area contributed by atoms with Gasteiger partial charge in [0.2, 0.25) is 5.91 Å². The Hall–Kier alpha value is -1.35. The molecule has 2 aliphatic heterocycles. The minimum Gasteiger partial charge on any atom is -0.311 e. The summed E-state index contributed by atoms with van der Waals surface area (Å²) in [6.07, 6.45) is 4.41. The van der Waals surface area contributed by atoms with Crippen LogP contribution < -0.4 is 10.2 Å². The van der Waals surface area contributed by atoms with Crippen LogP contribution in [-0.2, 0) is 11.2 Å². The Kier molecular flexibility index (Phi) is 3.56. The van der Waals surface area contributed by atoms with Gasteiger partial charge in [-0.25, -0.2) is 0 Å². The lowest BCUT2D eigenvalue weighted by Gasteiger charge is -2.36. The molecule has 0 spiro atoms. The molecule has 3 nitrogen and oxygen atoms in total. The number of rotatable bonds is 1. The fraction of sp³-hybridized carbons (Fsp3) is 0.562. The Balaban J connectivity index is 1.85. The van der Waals surface area contributed by atoms with Crippen LogP contribution in [0.15, 0.2) is 24.3 Å². The molecule has 0 aliphatic carbocycles. The Labute approximate surface area is 115 Å². The molecule has 2 atom stereocenters. The van der Waals surface area contributed by atoms with Crippen molar-refractivity contribution in [3.63, 3.8) is 0 Å². The molecule has 0 radical (unpaired) electrons. The number of nitrogens with one attached hydrogen (secondary N) is 1. The highest BCUT2D eigenvalue weighted by atomic mass is 16.2. The van der Waals surface area contributed by atoms with Gasteiger partial charge in [0.05, 0.1) is 6.04 Å². The van der Waals surface area contributed by atoms with Crippen molar-refractivity contribution in [3.05, 3.63) is 29.8 Å². The first-order valence-electron chi connectivity index (χ1n) is 7.38. The Bertz CT molecular complexity index is 466. The number of carbonyl (C=O) groups excluding carboxylic acids is 1. The largest absolute Gasteiger partial charge is 0.311 e. The molecule has 3 heteroatoms. The van der Waals surface area contributed by atoms with Crippen LogP contribution in [0.25, 0.3) is 0 Å². The van der Waals surface area contributed by atoms with Gasteiger partial charge >= 0.3 is 0 Å². The van der Waals surface area contributed by atoms with Gasteiger partial charge in [-0.05, 0) is 43.4 Å². The van der Waals surface area contributed by atoms with E-state index in [1.165, 1.54) is 12.0 Å². The van der Waals surface area contributed by atoms with Crippen molar-refractivity contribution in [3.8, 4) is 0 Å². The number of benzene rings is 1. The second kappa shape index (κ2) is 5.33. The van der Waals surface area contributed by atoms with Gasteiger partial charge in [-0.2, -0.15) is 0 Å². The Morgan fingerprint density at radius 2 is 2.16 bits per heavy atom. The molecule has 0 bridgehead atoms. The minimum atomic E-state index is 0.0205. The normalized spacial score (nSPS) is 26.9. The highest BCUT2D eigenvalue weighted by Crippen LogP contribution is 2.30. The summed E-state index contributed by atoms with van der Waals surface area (Å²) >= 11 is 0. The SMILES string of the molecule is CC1Cc2ccccc2N(C(=O)[C@H]2CCCCN2)C1. The van der Waals surface area contributed by atoms with Crippen LogP contribution in [0.1, 0.15) is 31.7 Å². The number of anilines is 1. The second-order valence-corrected chi connectivity index (χ2v) is 5.89. The van der Waals surface area contributed by atoms with Gasteiger partial charge in [-0.3, -0.25) is 4.79 Å². The zero-order valence-corrected chi connectivity index (χ0v) is 11.6. The van der Waals surface area contributed by atoms with Gasteiger partial charge < -0.3 is 10.2 Å². The minimum absolute atomic E-state index is 0.0205. The van der Waals surface area contributed by atoms with E-state index in [0.29, 0.717) is 5.92 Å². The van der Waals surface area contributed by atoms with Crippen molar-refractivity contribution in [1.29, 1.82) is 0 Å². The highest BCUT2D eigenvalue weighted by Gasteiger charge is 2.31. The van der Waals surface area contributed by atoms with E-state index < -0.39 is 0 Å². The summed E-state index contributed by atoms with van der Waals surface area (Å²) in [7, 11) is 0. The van der Waals surface area contributed by atoms with Gasteiger partial charge in [0.15, 0.2) is 0 Å². The number of nitrogens with zero attached hydrogens (tertiary/aromatic N) is 1. The molecule has 1 aromatic carbocycles. The maximum Gasteiger partial charge on any atom is 0.244 e. The molecule has 1 fully saturated rings. The van der Waals surface area contributed by atoms with E-state index in [-0.39, 0.29) is 11.9 Å². The van der Waals surface area contributed by atoms with Gasteiger partial charge in [-0.15, -0.1) is 0 Å². The zero-order chi connectivity index (χ0) is 13.2. The lowest BCUT2D eigenvalue weighted by Crippen LogP contribution is -2.51. The maximum atomic E-state index is 12.7. The van der Waals surface area contributed by atoms with Gasteiger partial charge in [0.1, 0.15) is 0 Å². The Morgan fingerprint density at radius 3 is 2.95 bits per heavy atom. The predicted molar refractivity (Wildman–Crippen MR) is 77.3 cm³/mol. The number of fused-ring (bicyclic) bond motifs is 1. The van der Waals surface area contributed by atoms with Crippen LogP contribution in [-0.4, -0.2) is 25.0 Å². The first kappa shape index (κ1) is 12.7. The third-order valence-corrected chi connectivity index (χ3v) is 4.22. The molecule has 2 heterocycles. The third-order valence-electron chi connectivity index (χ3n) is 4.22. The molecule has 2 aliphatic rings. The summed E-state index contributed by atoms with van der Waals surface area (Å²) in [5.74, 6) is 0.807. The Morgan fingerprint density at radius 1 is 1.32 bits per heavy atom. The van der Waals surface area contributed by atoms with Gasteiger partial charge in [0, 0.05) is 12.2 Å². The van der Waals surface area contributed by atoms with Crippen LogP contribution >= 0.6 is 0 Å². The lowest BCUT2D eigenvalue weighted by atomic mass is 9.92. The summed E-state index contributed by atoms with van der Waals surface area (Å²) in [6.45, 7) is 4.06. The number of hydrogen-bond acceptors (Lipinski definition) is 2. The standard InChI is InChI=1S/C16H22N2O/c1-12-10-13-6-2-3-8-15(13)18(11-12)16(19)14-7-4-5-9-17-14/h2-3,6,8,12,14,17H,4-5,7,9-11H2,1H3/t12?,14-/m1/s1. The second-order valence-electron chi connectivity index (χ2n) is 5.89. The number of hydrogen-bond donors (Lipinski definition) is 1. The molecular formula is C16H22N2O. The molecular weight excluding hydrogens is 236 g/mol. The van der Waals surface area contributed by atoms with Crippen molar-refractivity contribution in [2.75, 3.05) is 18.0 Å². The van der Waals surface area contributed by atoms with E-state index in [2.05, 4.69) is 30.4 Å². The molecule has 0 aromatic heterocycles. The average molecular weight is 258 g/mol. The van der Waals surface area contributed by atoms with Crippen molar-refractivity contribution in [1.82, 2.24) is 5.32 Å². The van der Waals surface area contributed by atoms with Crippen LogP contribution in [0.5, 0.6) is 0 Å². The molecule has 19 heavy (non-hydrogen) atoms. The van der Waals surface area contributed by atoms with E-state index in [0.717, 1.165) is 38.0 Å². The summed E-state index contributed by atoms with van der Waals surface area (Å²) in [6, 6.07) is 8.36. The lowest BCUT2D eigenvalue weighted by molar-refractivity contribution is -0.121. The van der Waals surface area contributed by atoms with Gasteiger partial charge in [0.25, 0.3) is 0 Å². The summed E-state index contributed by atoms with van der Waals surface area (Å²) in [5.41, 5.74) is 2.43. The summed E-state index contributed by atoms with van der Waals surface area (Å²) in [4.78, 5) is 14.7. The first-order valence-corrected chi connectivity index (χ1v) is 7.38. The molecule has 102 valence electrons. The van der Waals surface area contributed by atoms with E-state index in [1.807, 2.05) is 11.0 Å². The maximum absolute atomic E-state index is 12.7. The van der Waals surface area contributed by atoms with Crippen molar-refractivity contribution in [2.45, 2.75) is 38.6 Å². The number of carbonyl (C=O) groups is 1. The van der Waals surface area contributed by atoms with Crippen molar-refractivity contribution >= 4 is 11.6 Å². The van der Waals surface area contributed by atoms with Gasteiger partial charge in [-0.1, -0.05) is 31.5 Å². The highest BCUT2D eigenvalue weighted by molar-refractivity contribution is 5.98. The van der Waals surface area contributed by atoms with Crippen molar-refractivity contribution in [2.24, 2.45) is 5.92 Å². The monoisotopic (exact) mass is 258 g/mol. The molecule has 3 rings (SSSR count).